The Hall–Kier alpha value is -5.36. The Morgan fingerprint density at radius 1 is 1.07 bits per heavy atom. The number of nitrogens with zero attached hydrogens (tertiary/aromatic N) is 4. The van der Waals surface area contributed by atoms with E-state index >= 15 is 0 Å². The van der Waals surface area contributed by atoms with E-state index in [0.717, 1.165) is 40.4 Å². The molecule has 0 saturated carbocycles. The lowest BCUT2D eigenvalue weighted by Crippen LogP contribution is -2.21. The van der Waals surface area contributed by atoms with E-state index in [4.69, 9.17) is 20.4 Å². The van der Waals surface area contributed by atoms with Gasteiger partial charge in [-0.3, -0.25) is 4.79 Å². The lowest BCUT2D eigenvalue weighted by atomic mass is 10.1. The molecule has 0 atom stereocenters. The van der Waals surface area contributed by atoms with Crippen molar-refractivity contribution in [2.45, 2.75) is 25.8 Å². The van der Waals surface area contributed by atoms with Gasteiger partial charge in [-0.1, -0.05) is 60.9 Å². The molecule has 5 aromatic rings. The highest BCUT2D eigenvalue weighted by atomic mass is 16.5. The van der Waals surface area contributed by atoms with Gasteiger partial charge in [0, 0.05) is 30.5 Å². The number of ether oxygens (including phenoxy) is 1. The van der Waals surface area contributed by atoms with Crippen molar-refractivity contribution in [2.75, 3.05) is 24.7 Å². The monoisotopic (exact) mass is 545 g/mol. The molecule has 0 unspecified atom stereocenters. The molecule has 1 amide bonds. The Kier molecular flexibility index (Phi) is 8.41. The van der Waals surface area contributed by atoms with E-state index < -0.39 is 0 Å². The summed E-state index contributed by atoms with van der Waals surface area (Å²) in [5, 5.41) is 7.04. The molecule has 9 nitrogen and oxygen atoms in total. The summed E-state index contributed by atoms with van der Waals surface area (Å²) in [6.45, 7) is 4.62. The summed E-state index contributed by atoms with van der Waals surface area (Å²) in [6.07, 6.45) is 3.68. The molecule has 0 aliphatic heterocycles. The number of nitrogens with one attached hydrogen (secondary N) is 2. The fraction of sp³-hybridized carbons (Fsp3) is 0.188. The average molecular weight is 546 g/mol. The van der Waals surface area contributed by atoms with Crippen LogP contribution in [0.5, 0.6) is 5.75 Å². The van der Waals surface area contributed by atoms with Gasteiger partial charge in [0.25, 0.3) is 0 Å². The molecule has 0 aliphatic carbocycles. The van der Waals surface area contributed by atoms with E-state index in [9.17, 15) is 4.79 Å². The molecule has 0 spiro atoms. The molecule has 4 N–H and O–H groups in total. The van der Waals surface area contributed by atoms with Gasteiger partial charge in [-0.05, 0) is 48.7 Å². The van der Waals surface area contributed by atoms with E-state index in [-0.39, 0.29) is 5.91 Å². The van der Waals surface area contributed by atoms with E-state index in [0.29, 0.717) is 48.5 Å². The number of fused-ring (bicyclic) bond motifs is 2. The number of hydrogen-bond donors (Lipinski definition) is 3. The standard InChI is InChI=1S/C32H31N7O2/c1-3-28(40)34-18-12-5-4-7-15-23-19-24-29(27(20-23)41-2)37-32(38-30(24)35-21-22-13-8-6-9-14-22)39-26-17-11-10-16-25(26)36-31(39)33/h3,6,8-11,13-14,16-17,19-20H,1,4-5,12,18,21H2,2H3,(H2,33,36)(H,34,40)(H,35,37,38). The van der Waals surface area contributed by atoms with Crippen LogP contribution in [0.1, 0.15) is 30.4 Å². The van der Waals surface area contributed by atoms with Gasteiger partial charge in [0.15, 0.2) is 0 Å². The second-order valence-electron chi connectivity index (χ2n) is 9.33. The first kappa shape index (κ1) is 27.2. The summed E-state index contributed by atoms with van der Waals surface area (Å²) in [5.74, 6) is 8.21. The van der Waals surface area contributed by atoms with Crippen molar-refractivity contribution in [1.29, 1.82) is 0 Å². The number of nitrogens with two attached hydrogens (primary N) is 1. The number of carbonyl (C=O) groups excluding carboxylic acids is 1. The summed E-state index contributed by atoms with van der Waals surface area (Å²) in [5.41, 5.74) is 10.4. The van der Waals surface area contributed by atoms with Gasteiger partial charge in [-0.2, -0.15) is 4.98 Å². The Balaban J connectivity index is 1.51. The highest BCUT2D eigenvalue weighted by molar-refractivity contribution is 5.95. The lowest BCUT2D eigenvalue weighted by Gasteiger charge is -2.14. The quantitative estimate of drug-likeness (QED) is 0.128. The number of carbonyl (C=O) groups is 1. The van der Waals surface area contributed by atoms with Crippen molar-refractivity contribution in [3.63, 3.8) is 0 Å². The van der Waals surface area contributed by atoms with Gasteiger partial charge in [0.1, 0.15) is 17.1 Å². The van der Waals surface area contributed by atoms with Crippen molar-refractivity contribution in [2.24, 2.45) is 0 Å². The third kappa shape index (κ3) is 6.28. The minimum Gasteiger partial charge on any atom is -0.494 e. The Labute approximate surface area is 238 Å². The molecule has 0 aliphatic rings. The number of methoxy groups -OCH3 is 1. The molecular formula is C32H31N7O2. The third-order valence-corrected chi connectivity index (χ3v) is 6.51. The van der Waals surface area contributed by atoms with E-state index in [1.165, 1.54) is 6.08 Å². The summed E-state index contributed by atoms with van der Waals surface area (Å²) in [4.78, 5) is 25.6. The van der Waals surface area contributed by atoms with Gasteiger partial charge in [-0.25, -0.2) is 14.5 Å². The minimum absolute atomic E-state index is 0.162. The Bertz CT molecular complexity index is 1770. The number of anilines is 2. The van der Waals surface area contributed by atoms with Crippen molar-refractivity contribution in [3.8, 4) is 23.5 Å². The van der Waals surface area contributed by atoms with Crippen molar-refractivity contribution in [1.82, 2.24) is 24.8 Å². The van der Waals surface area contributed by atoms with Crippen LogP contribution in [0, 0.1) is 11.8 Å². The van der Waals surface area contributed by atoms with Crippen LogP contribution in [0.25, 0.3) is 27.9 Å². The highest BCUT2D eigenvalue weighted by Crippen LogP contribution is 2.32. The van der Waals surface area contributed by atoms with E-state index in [1.54, 1.807) is 11.7 Å². The molecule has 2 heterocycles. The maximum atomic E-state index is 11.3. The van der Waals surface area contributed by atoms with Crippen LogP contribution < -0.4 is 21.1 Å². The summed E-state index contributed by atoms with van der Waals surface area (Å²) in [6, 6.07) is 21.6. The number of benzene rings is 3. The van der Waals surface area contributed by atoms with Gasteiger partial charge >= 0.3 is 0 Å². The maximum Gasteiger partial charge on any atom is 0.243 e. The molecule has 206 valence electrons. The second kappa shape index (κ2) is 12.7. The number of imidazole rings is 1. The lowest BCUT2D eigenvalue weighted by molar-refractivity contribution is -0.116. The van der Waals surface area contributed by atoms with Crippen LogP contribution in [0.3, 0.4) is 0 Å². The van der Waals surface area contributed by atoms with Crippen LogP contribution in [0.4, 0.5) is 11.8 Å². The summed E-state index contributed by atoms with van der Waals surface area (Å²) in [7, 11) is 1.61. The van der Waals surface area contributed by atoms with E-state index in [2.05, 4.69) is 46.2 Å². The van der Waals surface area contributed by atoms with Crippen LogP contribution >= 0.6 is 0 Å². The van der Waals surface area contributed by atoms with Crippen molar-refractivity contribution in [3.05, 3.63) is 90.5 Å². The predicted octanol–water partition coefficient (Wildman–Crippen LogP) is 5.00. The topological polar surface area (TPSA) is 120 Å². The van der Waals surface area contributed by atoms with Crippen molar-refractivity contribution >= 4 is 39.6 Å². The first-order chi connectivity index (χ1) is 20.1. The molecule has 0 bridgehead atoms. The van der Waals surface area contributed by atoms with Gasteiger partial charge in [0.05, 0.1) is 18.1 Å². The largest absolute Gasteiger partial charge is 0.494 e. The number of unbranched alkanes of at least 4 members (excludes halogenated alkanes) is 2. The molecule has 5 rings (SSSR count). The smallest absolute Gasteiger partial charge is 0.243 e. The molecule has 0 saturated heterocycles. The van der Waals surface area contributed by atoms with Gasteiger partial charge < -0.3 is 21.1 Å². The average Bonchev–Trinajstić information content (AvgIpc) is 3.34. The third-order valence-electron chi connectivity index (χ3n) is 6.51. The molecular weight excluding hydrogens is 514 g/mol. The number of para-hydroxylation sites is 2. The number of amides is 1. The van der Waals surface area contributed by atoms with Crippen LogP contribution in [0.15, 0.2) is 79.4 Å². The number of nitrogen functional groups attached to an aromatic ring is 1. The zero-order chi connectivity index (χ0) is 28.6. The van der Waals surface area contributed by atoms with Crippen molar-refractivity contribution < 1.29 is 9.53 Å². The number of aromatic nitrogens is 4. The summed E-state index contributed by atoms with van der Waals surface area (Å²) < 4.78 is 7.52. The fourth-order valence-corrected chi connectivity index (χ4v) is 4.47. The Morgan fingerprint density at radius 3 is 2.68 bits per heavy atom. The second-order valence-corrected chi connectivity index (χ2v) is 9.33. The molecule has 0 radical (unpaired) electrons. The maximum absolute atomic E-state index is 11.3. The van der Waals surface area contributed by atoms with E-state index in [1.807, 2.05) is 54.6 Å². The molecule has 2 aromatic heterocycles. The van der Waals surface area contributed by atoms with Crippen LogP contribution in [-0.4, -0.2) is 39.1 Å². The zero-order valence-corrected chi connectivity index (χ0v) is 22.9. The van der Waals surface area contributed by atoms with Crippen LogP contribution in [0.2, 0.25) is 0 Å². The minimum atomic E-state index is -0.162. The predicted molar refractivity (Wildman–Crippen MR) is 163 cm³/mol. The molecule has 0 fully saturated rings. The first-order valence-electron chi connectivity index (χ1n) is 13.4. The molecule has 41 heavy (non-hydrogen) atoms. The zero-order valence-electron chi connectivity index (χ0n) is 22.9. The van der Waals surface area contributed by atoms with Gasteiger partial charge in [-0.15, -0.1) is 0 Å². The van der Waals surface area contributed by atoms with Gasteiger partial charge in [0.2, 0.25) is 17.8 Å². The number of rotatable bonds is 10. The van der Waals surface area contributed by atoms with Crippen LogP contribution in [-0.2, 0) is 11.3 Å². The fourth-order valence-electron chi connectivity index (χ4n) is 4.47. The first-order valence-corrected chi connectivity index (χ1v) is 13.4. The SMILES string of the molecule is C=CC(=O)NCCCCC#Cc1cc(OC)c2nc(-n3c(N)nc4ccccc43)nc(NCc3ccccc3)c2c1. The highest BCUT2D eigenvalue weighted by Gasteiger charge is 2.18. The summed E-state index contributed by atoms with van der Waals surface area (Å²) >= 11 is 0. The molecule has 9 heteroatoms. The normalized spacial score (nSPS) is 10.7. The number of hydrogen-bond acceptors (Lipinski definition) is 7. The Morgan fingerprint density at radius 2 is 1.88 bits per heavy atom. The molecule has 3 aromatic carbocycles.